The Morgan fingerprint density at radius 1 is 1.41 bits per heavy atom. The maximum absolute atomic E-state index is 11.9. The second-order valence-electron chi connectivity index (χ2n) is 3.98. The van der Waals surface area contributed by atoms with Gasteiger partial charge in [-0.15, -0.1) is 0 Å². The molecule has 0 saturated carbocycles. The third-order valence-corrected chi connectivity index (χ3v) is 4.61. The fourth-order valence-electron chi connectivity index (χ4n) is 1.49. The Labute approximate surface area is 107 Å². The van der Waals surface area contributed by atoms with Gasteiger partial charge in [0.15, 0.2) is 9.84 Å². The molecule has 0 aliphatic carbocycles. The largest absolute Gasteiger partial charge is 0.393 e. The van der Waals surface area contributed by atoms with Gasteiger partial charge in [-0.1, -0.05) is 24.6 Å². The summed E-state index contributed by atoms with van der Waals surface area (Å²) in [6.45, 7) is 1.87. The highest BCUT2D eigenvalue weighted by Gasteiger charge is 2.15. The quantitative estimate of drug-likeness (QED) is 0.869. The summed E-state index contributed by atoms with van der Waals surface area (Å²) in [5.74, 6) is 0.0460. The van der Waals surface area contributed by atoms with Crippen molar-refractivity contribution in [2.45, 2.75) is 37.2 Å². The van der Waals surface area contributed by atoms with Crippen molar-refractivity contribution >= 4 is 21.4 Å². The van der Waals surface area contributed by atoms with Crippen LogP contribution in [0.15, 0.2) is 29.2 Å². The Morgan fingerprint density at radius 3 is 2.71 bits per heavy atom. The predicted molar refractivity (Wildman–Crippen MR) is 69.0 cm³/mol. The van der Waals surface area contributed by atoms with Crippen molar-refractivity contribution in [1.29, 1.82) is 0 Å². The first-order valence-corrected chi connectivity index (χ1v) is 7.65. The van der Waals surface area contributed by atoms with Crippen molar-refractivity contribution in [2.75, 3.05) is 5.75 Å². The number of hydrogen-bond acceptors (Lipinski definition) is 3. The van der Waals surface area contributed by atoms with E-state index in [2.05, 4.69) is 0 Å². The lowest BCUT2D eigenvalue weighted by Gasteiger charge is -2.08. The molecule has 0 bridgehead atoms. The van der Waals surface area contributed by atoms with Gasteiger partial charge in [0.1, 0.15) is 0 Å². The van der Waals surface area contributed by atoms with Crippen LogP contribution in [0.3, 0.4) is 0 Å². The maximum Gasteiger partial charge on any atom is 0.178 e. The molecule has 0 aliphatic rings. The Balaban J connectivity index is 2.63. The Bertz CT molecular complexity index is 457. The van der Waals surface area contributed by atoms with Crippen molar-refractivity contribution in [2.24, 2.45) is 0 Å². The van der Waals surface area contributed by atoms with E-state index in [1.165, 1.54) is 12.1 Å². The molecule has 17 heavy (non-hydrogen) atoms. The second kappa shape index (κ2) is 6.38. The number of aliphatic hydroxyl groups is 1. The molecule has 1 unspecified atom stereocenters. The standard InChI is InChI=1S/C12H17ClO3S/c1-2-11(14)6-4-8-17(15,16)12-7-3-5-10(13)9-12/h3,5,7,9,11,14H,2,4,6,8H2,1H3. The fraction of sp³-hybridized carbons (Fsp3) is 0.500. The van der Waals surface area contributed by atoms with Gasteiger partial charge in [0.2, 0.25) is 0 Å². The number of sulfone groups is 1. The lowest BCUT2D eigenvalue weighted by atomic mass is 10.2. The zero-order valence-corrected chi connectivity index (χ0v) is 11.3. The highest BCUT2D eigenvalue weighted by molar-refractivity contribution is 7.91. The lowest BCUT2D eigenvalue weighted by molar-refractivity contribution is 0.159. The Kier molecular flexibility index (Phi) is 5.43. The first-order valence-electron chi connectivity index (χ1n) is 5.62. The normalized spacial score (nSPS) is 13.6. The van der Waals surface area contributed by atoms with Gasteiger partial charge in [-0.05, 0) is 37.5 Å². The zero-order valence-electron chi connectivity index (χ0n) is 9.77. The van der Waals surface area contributed by atoms with Crippen LogP contribution in [0.25, 0.3) is 0 Å². The van der Waals surface area contributed by atoms with Crippen molar-refractivity contribution < 1.29 is 13.5 Å². The van der Waals surface area contributed by atoms with Crippen LogP contribution >= 0.6 is 11.6 Å². The van der Waals surface area contributed by atoms with Gasteiger partial charge in [-0.3, -0.25) is 0 Å². The van der Waals surface area contributed by atoms with Crippen molar-refractivity contribution in [3.8, 4) is 0 Å². The van der Waals surface area contributed by atoms with Gasteiger partial charge < -0.3 is 5.11 Å². The van der Waals surface area contributed by atoms with E-state index in [1.807, 2.05) is 6.92 Å². The topological polar surface area (TPSA) is 54.4 Å². The molecule has 1 aromatic carbocycles. The molecule has 0 aromatic heterocycles. The van der Waals surface area contributed by atoms with Crippen LogP contribution in [0, 0.1) is 0 Å². The molecular weight excluding hydrogens is 260 g/mol. The van der Waals surface area contributed by atoms with Crippen LogP contribution in [-0.4, -0.2) is 25.4 Å². The Morgan fingerprint density at radius 2 is 2.12 bits per heavy atom. The first kappa shape index (κ1) is 14.5. The van der Waals surface area contributed by atoms with E-state index < -0.39 is 15.9 Å². The highest BCUT2D eigenvalue weighted by atomic mass is 35.5. The van der Waals surface area contributed by atoms with Gasteiger partial charge in [0.25, 0.3) is 0 Å². The molecule has 0 amide bonds. The minimum atomic E-state index is -3.28. The molecule has 0 spiro atoms. The third-order valence-electron chi connectivity index (χ3n) is 2.58. The van der Waals surface area contributed by atoms with Crippen LogP contribution in [0.2, 0.25) is 5.02 Å². The fourth-order valence-corrected chi connectivity index (χ4v) is 3.12. The molecule has 0 saturated heterocycles. The molecular formula is C12H17ClO3S. The minimum absolute atomic E-state index is 0.0460. The monoisotopic (exact) mass is 276 g/mol. The van der Waals surface area contributed by atoms with Gasteiger partial charge in [-0.2, -0.15) is 0 Å². The number of aliphatic hydroxyl groups excluding tert-OH is 1. The Hall–Kier alpha value is -0.580. The van der Waals surface area contributed by atoms with E-state index in [4.69, 9.17) is 11.6 Å². The molecule has 0 fully saturated rings. The smallest absolute Gasteiger partial charge is 0.178 e. The van der Waals surface area contributed by atoms with Crippen molar-refractivity contribution in [1.82, 2.24) is 0 Å². The first-order chi connectivity index (χ1) is 7.95. The molecule has 0 radical (unpaired) electrons. The molecule has 1 atom stereocenters. The number of hydrogen-bond donors (Lipinski definition) is 1. The summed E-state index contributed by atoms with van der Waals surface area (Å²) in [5.41, 5.74) is 0. The van der Waals surface area contributed by atoms with Crippen molar-refractivity contribution in [3.05, 3.63) is 29.3 Å². The average Bonchev–Trinajstić information content (AvgIpc) is 2.28. The van der Waals surface area contributed by atoms with E-state index in [0.717, 1.165) is 0 Å². The SMILES string of the molecule is CCC(O)CCCS(=O)(=O)c1cccc(Cl)c1. The minimum Gasteiger partial charge on any atom is -0.393 e. The predicted octanol–water partition coefficient (Wildman–Crippen LogP) is 2.66. The van der Waals surface area contributed by atoms with Crippen LogP contribution in [0.1, 0.15) is 26.2 Å². The van der Waals surface area contributed by atoms with E-state index in [-0.39, 0.29) is 10.6 Å². The molecule has 3 nitrogen and oxygen atoms in total. The molecule has 1 rings (SSSR count). The summed E-state index contributed by atoms with van der Waals surface area (Å²) in [6, 6.07) is 6.25. The third kappa shape index (κ3) is 4.66. The summed E-state index contributed by atoms with van der Waals surface area (Å²) in [6.07, 6.45) is 1.21. The molecule has 96 valence electrons. The number of benzene rings is 1. The summed E-state index contributed by atoms with van der Waals surface area (Å²) in [5, 5.41) is 9.77. The molecule has 1 N–H and O–H groups in total. The lowest BCUT2D eigenvalue weighted by Crippen LogP contribution is -2.11. The number of rotatable bonds is 6. The molecule has 0 aliphatic heterocycles. The van der Waals surface area contributed by atoms with E-state index >= 15 is 0 Å². The zero-order chi connectivity index (χ0) is 12.9. The summed E-state index contributed by atoms with van der Waals surface area (Å²) < 4.78 is 23.8. The molecule has 0 heterocycles. The number of halogens is 1. The van der Waals surface area contributed by atoms with Crippen LogP contribution in [-0.2, 0) is 9.84 Å². The van der Waals surface area contributed by atoms with Gasteiger partial charge in [-0.25, -0.2) is 8.42 Å². The maximum atomic E-state index is 11.9. The van der Waals surface area contributed by atoms with E-state index in [9.17, 15) is 13.5 Å². The van der Waals surface area contributed by atoms with Crippen LogP contribution in [0.5, 0.6) is 0 Å². The summed E-state index contributed by atoms with van der Waals surface area (Å²) >= 11 is 5.75. The summed E-state index contributed by atoms with van der Waals surface area (Å²) in [4.78, 5) is 0.246. The summed E-state index contributed by atoms with van der Waals surface area (Å²) in [7, 11) is -3.28. The van der Waals surface area contributed by atoms with E-state index in [1.54, 1.807) is 12.1 Å². The van der Waals surface area contributed by atoms with Gasteiger partial charge in [0.05, 0.1) is 16.8 Å². The van der Waals surface area contributed by atoms with Crippen LogP contribution < -0.4 is 0 Å². The van der Waals surface area contributed by atoms with Gasteiger partial charge in [0, 0.05) is 5.02 Å². The van der Waals surface area contributed by atoms with Crippen molar-refractivity contribution in [3.63, 3.8) is 0 Å². The average molecular weight is 277 g/mol. The van der Waals surface area contributed by atoms with Crippen LogP contribution in [0.4, 0.5) is 0 Å². The molecule has 1 aromatic rings. The highest BCUT2D eigenvalue weighted by Crippen LogP contribution is 2.18. The van der Waals surface area contributed by atoms with E-state index in [0.29, 0.717) is 24.3 Å². The van der Waals surface area contributed by atoms with Gasteiger partial charge >= 0.3 is 0 Å². The molecule has 5 heteroatoms. The second-order valence-corrected chi connectivity index (χ2v) is 6.53.